The minimum absolute atomic E-state index is 0.0276. The first-order valence-electron chi connectivity index (χ1n) is 6.01. The lowest BCUT2D eigenvalue weighted by atomic mass is 10.2. The Kier molecular flexibility index (Phi) is 5.03. The van der Waals surface area contributed by atoms with Gasteiger partial charge in [-0.15, -0.1) is 0 Å². The van der Waals surface area contributed by atoms with Gasteiger partial charge in [-0.3, -0.25) is 0 Å². The molecule has 0 heterocycles. The molecule has 2 rings (SSSR count). The van der Waals surface area contributed by atoms with Crippen molar-refractivity contribution in [2.45, 2.75) is 11.5 Å². The second kappa shape index (κ2) is 6.81. The highest BCUT2D eigenvalue weighted by Crippen LogP contribution is 2.30. The van der Waals surface area contributed by atoms with E-state index in [2.05, 4.69) is 4.74 Å². The van der Waals surface area contributed by atoms with E-state index in [0.29, 0.717) is 0 Å². The normalized spacial score (nSPS) is 11.1. The van der Waals surface area contributed by atoms with Crippen LogP contribution >= 0.6 is 11.6 Å². The first kappa shape index (κ1) is 17.0. The SMILES string of the molecule is N#Cc1ccccc1OS(=O)(=O)c1ccc(OC(F)F)c(Cl)c1. The molecular weight excluding hydrogens is 352 g/mol. The molecule has 0 saturated carbocycles. The number of nitrogens with zero attached hydrogens (tertiary/aromatic N) is 1. The number of alkyl halides is 2. The van der Waals surface area contributed by atoms with Crippen molar-refractivity contribution in [3.05, 3.63) is 53.1 Å². The van der Waals surface area contributed by atoms with E-state index < -0.39 is 16.7 Å². The third kappa shape index (κ3) is 4.09. The Balaban J connectivity index is 2.33. The van der Waals surface area contributed by atoms with Crippen LogP contribution in [-0.2, 0) is 10.1 Å². The van der Waals surface area contributed by atoms with E-state index in [-0.39, 0.29) is 27.0 Å². The van der Waals surface area contributed by atoms with Crippen molar-refractivity contribution in [1.82, 2.24) is 0 Å². The average Bonchev–Trinajstić information content (AvgIpc) is 2.49. The van der Waals surface area contributed by atoms with Gasteiger partial charge in [-0.25, -0.2) is 0 Å². The Labute approximate surface area is 135 Å². The maximum atomic E-state index is 12.2. The number of rotatable bonds is 5. The van der Waals surface area contributed by atoms with Crippen molar-refractivity contribution in [3.8, 4) is 17.6 Å². The molecule has 5 nitrogen and oxygen atoms in total. The van der Waals surface area contributed by atoms with Crippen LogP contribution in [0.3, 0.4) is 0 Å². The van der Waals surface area contributed by atoms with Crippen LogP contribution in [0.2, 0.25) is 5.02 Å². The summed E-state index contributed by atoms with van der Waals surface area (Å²) >= 11 is 5.71. The molecule has 0 saturated heterocycles. The van der Waals surface area contributed by atoms with Crippen LogP contribution in [0, 0.1) is 11.3 Å². The summed E-state index contributed by atoms with van der Waals surface area (Å²) in [5.41, 5.74) is 0.0276. The van der Waals surface area contributed by atoms with Gasteiger partial charge in [0.25, 0.3) is 0 Å². The summed E-state index contributed by atoms with van der Waals surface area (Å²) in [6, 6.07) is 10.5. The van der Waals surface area contributed by atoms with Crippen LogP contribution in [0.25, 0.3) is 0 Å². The van der Waals surface area contributed by atoms with Gasteiger partial charge < -0.3 is 8.92 Å². The Hall–Kier alpha value is -2.37. The van der Waals surface area contributed by atoms with Gasteiger partial charge >= 0.3 is 16.7 Å². The lowest BCUT2D eigenvalue weighted by Crippen LogP contribution is -2.11. The molecule has 0 spiro atoms. The summed E-state index contributed by atoms with van der Waals surface area (Å²) in [4.78, 5) is -0.364. The molecule has 0 fully saturated rings. The van der Waals surface area contributed by atoms with Crippen LogP contribution in [0.5, 0.6) is 11.5 Å². The van der Waals surface area contributed by atoms with Crippen LogP contribution in [-0.4, -0.2) is 15.0 Å². The predicted octanol–water partition coefficient (Wildman–Crippen LogP) is 3.58. The zero-order valence-corrected chi connectivity index (χ0v) is 12.8. The molecule has 0 aliphatic rings. The zero-order valence-electron chi connectivity index (χ0n) is 11.2. The van der Waals surface area contributed by atoms with Gasteiger partial charge in [-0.2, -0.15) is 22.5 Å². The van der Waals surface area contributed by atoms with Gasteiger partial charge in [0.05, 0.1) is 10.6 Å². The Bertz CT molecular complexity index is 865. The van der Waals surface area contributed by atoms with E-state index in [1.54, 1.807) is 12.1 Å². The van der Waals surface area contributed by atoms with Crippen molar-refractivity contribution in [1.29, 1.82) is 5.26 Å². The summed E-state index contributed by atoms with van der Waals surface area (Å²) in [5, 5.41) is 8.60. The molecule has 0 aliphatic heterocycles. The molecule has 2 aromatic carbocycles. The van der Waals surface area contributed by atoms with Crippen LogP contribution in [0.4, 0.5) is 8.78 Å². The molecule has 0 atom stereocenters. The van der Waals surface area contributed by atoms with Crippen molar-refractivity contribution in [3.63, 3.8) is 0 Å². The van der Waals surface area contributed by atoms with Crippen molar-refractivity contribution >= 4 is 21.7 Å². The van der Waals surface area contributed by atoms with Crippen molar-refractivity contribution in [2.75, 3.05) is 0 Å². The standard InChI is InChI=1S/C14H8ClF2NO4S/c15-11-7-10(5-6-13(11)21-14(16)17)23(19,20)22-12-4-2-1-3-9(12)8-18/h1-7,14H. The Morgan fingerprint density at radius 1 is 1.13 bits per heavy atom. The van der Waals surface area contributed by atoms with Crippen LogP contribution in [0.15, 0.2) is 47.4 Å². The number of para-hydroxylation sites is 1. The number of hydrogen-bond acceptors (Lipinski definition) is 5. The monoisotopic (exact) mass is 359 g/mol. The lowest BCUT2D eigenvalue weighted by Gasteiger charge is -2.10. The minimum atomic E-state index is -4.29. The van der Waals surface area contributed by atoms with E-state index in [9.17, 15) is 17.2 Å². The first-order chi connectivity index (χ1) is 10.8. The summed E-state index contributed by atoms with van der Waals surface area (Å²) < 4.78 is 57.7. The second-order valence-corrected chi connectivity index (χ2v) is 6.07. The molecule has 9 heteroatoms. The van der Waals surface area contributed by atoms with Gasteiger partial charge in [-0.1, -0.05) is 23.7 Å². The number of ether oxygens (including phenoxy) is 1. The number of nitriles is 1. The molecule has 0 aromatic heterocycles. The fourth-order valence-corrected chi connectivity index (χ4v) is 2.89. The Morgan fingerprint density at radius 3 is 2.43 bits per heavy atom. The Morgan fingerprint density at radius 2 is 1.83 bits per heavy atom. The summed E-state index contributed by atoms with van der Waals surface area (Å²) in [6.45, 7) is -3.09. The van der Waals surface area contributed by atoms with Gasteiger partial charge in [0.2, 0.25) is 0 Å². The highest BCUT2D eigenvalue weighted by atomic mass is 35.5. The number of halogens is 3. The molecular formula is C14H8ClF2NO4S. The minimum Gasteiger partial charge on any atom is -0.433 e. The quantitative estimate of drug-likeness (QED) is 0.762. The zero-order chi connectivity index (χ0) is 17.0. The molecule has 0 N–H and O–H groups in total. The van der Waals surface area contributed by atoms with E-state index in [4.69, 9.17) is 21.0 Å². The van der Waals surface area contributed by atoms with Gasteiger partial charge in [0.15, 0.2) is 5.75 Å². The van der Waals surface area contributed by atoms with E-state index in [1.165, 1.54) is 18.2 Å². The lowest BCUT2D eigenvalue weighted by molar-refractivity contribution is -0.0498. The maximum Gasteiger partial charge on any atom is 0.387 e. The largest absolute Gasteiger partial charge is 0.433 e. The topological polar surface area (TPSA) is 76.4 Å². The van der Waals surface area contributed by atoms with Gasteiger partial charge in [0.1, 0.15) is 16.7 Å². The summed E-state index contributed by atoms with van der Waals surface area (Å²) in [5.74, 6) is -0.517. The fraction of sp³-hybridized carbons (Fsp3) is 0.0714. The molecule has 2 aromatic rings. The molecule has 120 valence electrons. The molecule has 0 unspecified atom stereocenters. The second-order valence-electron chi connectivity index (χ2n) is 4.12. The van der Waals surface area contributed by atoms with E-state index in [0.717, 1.165) is 18.2 Å². The third-order valence-electron chi connectivity index (χ3n) is 2.62. The van der Waals surface area contributed by atoms with Crippen LogP contribution in [0.1, 0.15) is 5.56 Å². The van der Waals surface area contributed by atoms with Gasteiger partial charge in [-0.05, 0) is 30.3 Å². The van der Waals surface area contributed by atoms with E-state index in [1.807, 2.05) is 0 Å². The number of benzene rings is 2. The van der Waals surface area contributed by atoms with E-state index >= 15 is 0 Å². The summed E-state index contributed by atoms with van der Waals surface area (Å²) in [7, 11) is -4.29. The summed E-state index contributed by atoms with van der Waals surface area (Å²) in [6.07, 6.45) is 0. The average molecular weight is 360 g/mol. The molecule has 0 aliphatic carbocycles. The molecule has 23 heavy (non-hydrogen) atoms. The first-order valence-corrected chi connectivity index (χ1v) is 7.80. The molecule has 0 radical (unpaired) electrons. The third-order valence-corrected chi connectivity index (χ3v) is 4.14. The smallest absolute Gasteiger partial charge is 0.387 e. The molecule has 0 bridgehead atoms. The van der Waals surface area contributed by atoms with Crippen molar-refractivity contribution in [2.24, 2.45) is 0 Å². The fourth-order valence-electron chi connectivity index (χ4n) is 1.63. The highest BCUT2D eigenvalue weighted by molar-refractivity contribution is 7.87. The predicted molar refractivity (Wildman–Crippen MR) is 77.1 cm³/mol. The van der Waals surface area contributed by atoms with Gasteiger partial charge in [0, 0.05) is 0 Å². The molecule has 0 amide bonds. The van der Waals surface area contributed by atoms with Crippen molar-refractivity contribution < 1.29 is 26.1 Å². The van der Waals surface area contributed by atoms with Crippen LogP contribution < -0.4 is 8.92 Å². The number of hydrogen-bond donors (Lipinski definition) is 0. The maximum absolute atomic E-state index is 12.2. The highest BCUT2D eigenvalue weighted by Gasteiger charge is 2.20.